The molecule has 2 N–H and O–H groups in total. The summed E-state index contributed by atoms with van der Waals surface area (Å²) < 4.78 is 5.05. The molecule has 0 aromatic heterocycles. The van der Waals surface area contributed by atoms with Gasteiger partial charge in [0.1, 0.15) is 12.4 Å². The minimum atomic E-state index is -1.50. The van der Waals surface area contributed by atoms with Crippen LogP contribution in [0, 0.1) is 0 Å². The first-order valence-electron chi connectivity index (χ1n) is 4.32. The minimum Gasteiger partial charge on any atom is -0.490 e. The quantitative estimate of drug-likeness (QED) is 0.748. The number of hydrogen-bond donors (Lipinski definition) is 2. The van der Waals surface area contributed by atoms with Crippen LogP contribution in [-0.2, 0) is 10.7 Å². The number of ether oxygens (including phenoxy) is 1. The summed E-state index contributed by atoms with van der Waals surface area (Å²) in [5.41, 5.74) is 0.947. The van der Waals surface area contributed by atoms with E-state index >= 15 is 0 Å². The van der Waals surface area contributed by atoms with Gasteiger partial charge in [-0.25, -0.2) is 4.79 Å². The van der Waals surface area contributed by atoms with Crippen LogP contribution in [0.1, 0.15) is 5.56 Å². The molecule has 0 aliphatic heterocycles. The Hall–Kier alpha value is -1.26. The number of aliphatic hydroxyl groups excluding tert-OH is 1. The molecule has 0 bridgehead atoms. The van der Waals surface area contributed by atoms with E-state index in [4.69, 9.17) is 26.6 Å². The summed E-state index contributed by atoms with van der Waals surface area (Å²) in [4.78, 5) is 10.3. The van der Waals surface area contributed by atoms with E-state index < -0.39 is 12.1 Å². The van der Waals surface area contributed by atoms with Gasteiger partial charge in [0.15, 0.2) is 6.10 Å². The van der Waals surface area contributed by atoms with Crippen molar-refractivity contribution in [2.75, 3.05) is 6.61 Å². The first-order valence-corrected chi connectivity index (χ1v) is 4.85. The maximum Gasteiger partial charge on any atom is 0.336 e. The van der Waals surface area contributed by atoms with Gasteiger partial charge in [-0.1, -0.05) is 12.1 Å². The van der Waals surface area contributed by atoms with Crippen LogP contribution in [-0.4, -0.2) is 28.9 Å². The van der Waals surface area contributed by atoms with Crippen LogP contribution >= 0.6 is 11.6 Å². The van der Waals surface area contributed by atoms with E-state index in [0.29, 0.717) is 11.6 Å². The topological polar surface area (TPSA) is 66.8 Å². The molecule has 0 aliphatic rings. The van der Waals surface area contributed by atoms with Crippen molar-refractivity contribution in [1.82, 2.24) is 0 Å². The predicted molar refractivity (Wildman–Crippen MR) is 55.1 cm³/mol. The summed E-state index contributed by atoms with van der Waals surface area (Å²) in [6, 6.07) is 6.89. The van der Waals surface area contributed by atoms with Crippen molar-refractivity contribution >= 4 is 17.6 Å². The van der Waals surface area contributed by atoms with Gasteiger partial charge in [-0.05, 0) is 17.7 Å². The Labute approximate surface area is 92.1 Å². The van der Waals surface area contributed by atoms with Crippen LogP contribution in [0.4, 0.5) is 0 Å². The van der Waals surface area contributed by atoms with Crippen LogP contribution in [0.15, 0.2) is 24.3 Å². The van der Waals surface area contributed by atoms with E-state index in [2.05, 4.69) is 0 Å². The molecule has 1 rings (SSSR count). The number of hydrogen-bond acceptors (Lipinski definition) is 3. The van der Waals surface area contributed by atoms with E-state index in [0.717, 1.165) is 5.56 Å². The van der Waals surface area contributed by atoms with E-state index in [1.807, 2.05) is 0 Å². The highest BCUT2D eigenvalue weighted by molar-refractivity contribution is 6.17. The summed E-state index contributed by atoms with van der Waals surface area (Å²) in [5.74, 6) is -0.380. The number of carboxylic acid groups (broad SMARTS) is 1. The highest BCUT2D eigenvalue weighted by Gasteiger charge is 2.13. The second-order valence-electron chi connectivity index (χ2n) is 2.94. The average molecular weight is 231 g/mol. The summed E-state index contributed by atoms with van der Waals surface area (Å²) in [5, 5.41) is 17.3. The standard InChI is InChI=1S/C10H11ClO4/c11-5-7-1-3-8(4-2-7)15-6-9(12)10(13)14/h1-4,9,12H,5-6H2,(H,13,14). The van der Waals surface area contributed by atoms with Gasteiger partial charge in [0.2, 0.25) is 0 Å². The van der Waals surface area contributed by atoms with Crippen LogP contribution in [0.3, 0.4) is 0 Å². The molecule has 0 aliphatic carbocycles. The zero-order valence-electron chi connectivity index (χ0n) is 7.89. The van der Waals surface area contributed by atoms with Crippen molar-refractivity contribution in [2.24, 2.45) is 0 Å². The maximum atomic E-state index is 10.3. The molecule has 15 heavy (non-hydrogen) atoms. The fraction of sp³-hybridized carbons (Fsp3) is 0.300. The van der Waals surface area contributed by atoms with Gasteiger partial charge in [-0.15, -0.1) is 11.6 Å². The molecule has 5 heteroatoms. The first-order chi connectivity index (χ1) is 7.13. The largest absolute Gasteiger partial charge is 0.490 e. The van der Waals surface area contributed by atoms with Crippen molar-refractivity contribution in [3.8, 4) is 5.75 Å². The highest BCUT2D eigenvalue weighted by Crippen LogP contribution is 2.13. The highest BCUT2D eigenvalue weighted by atomic mass is 35.5. The number of carbonyl (C=O) groups is 1. The Morgan fingerprint density at radius 3 is 2.47 bits per heavy atom. The minimum absolute atomic E-state index is 0.268. The molecule has 0 heterocycles. The number of carboxylic acids is 1. The predicted octanol–water partition coefficient (Wildman–Crippen LogP) is 1.25. The number of aliphatic carboxylic acids is 1. The molecule has 1 unspecified atom stereocenters. The molecule has 0 fully saturated rings. The van der Waals surface area contributed by atoms with Gasteiger partial charge in [0.25, 0.3) is 0 Å². The van der Waals surface area contributed by atoms with Crippen molar-refractivity contribution in [3.63, 3.8) is 0 Å². The zero-order chi connectivity index (χ0) is 11.3. The van der Waals surface area contributed by atoms with Gasteiger partial charge in [-0.2, -0.15) is 0 Å². The van der Waals surface area contributed by atoms with Gasteiger partial charge in [-0.3, -0.25) is 0 Å². The second-order valence-corrected chi connectivity index (χ2v) is 3.21. The van der Waals surface area contributed by atoms with Gasteiger partial charge in [0, 0.05) is 5.88 Å². The fourth-order valence-electron chi connectivity index (χ4n) is 0.921. The third-order valence-electron chi connectivity index (χ3n) is 1.77. The van der Waals surface area contributed by atoms with Crippen LogP contribution in [0.2, 0.25) is 0 Å². The van der Waals surface area contributed by atoms with Crippen molar-refractivity contribution in [2.45, 2.75) is 12.0 Å². The molecule has 0 saturated carbocycles. The molecular weight excluding hydrogens is 220 g/mol. The van der Waals surface area contributed by atoms with Crippen LogP contribution < -0.4 is 4.74 Å². The molecule has 0 radical (unpaired) electrons. The summed E-state index contributed by atoms with van der Waals surface area (Å²) in [6.07, 6.45) is -1.50. The Kier molecular flexibility index (Phi) is 4.39. The lowest BCUT2D eigenvalue weighted by atomic mass is 10.2. The van der Waals surface area contributed by atoms with Crippen molar-refractivity contribution < 1.29 is 19.7 Å². The number of benzene rings is 1. The summed E-state index contributed by atoms with van der Waals surface area (Å²) >= 11 is 5.59. The Bertz CT molecular complexity index is 323. The SMILES string of the molecule is O=C(O)C(O)COc1ccc(CCl)cc1. The zero-order valence-corrected chi connectivity index (χ0v) is 8.65. The number of rotatable bonds is 5. The molecule has 0 amide bonds. The van der Waals surface area contributed by atoms with Gasteiger partial charge >= 0.3 is 5.97 Å². The third-order valence-corrected chi connectivity index (χ3v) is 2.08. The Balaban J connectivity index is 2.47. The van der Waals surface area contributed by atoms with Crippen LogP contribution in [0.5, 0.6) is 5.75 Å². The second kappa shape index (κ2) is 5.58. The lowest BCUT2D eigenvalue weighted by Gasteiger charge is -2.08. The molecule has 1 atom stereocenters. The molecule has 1 aromatic carbocycles. The Morgan fingerprint density at radius 1 is 1.40 bits per heavy atom. The van der Waals surface area contributed by atoms with Crippen molar-refractivity contribution in [1.29, 1.82) is 0 Å². The van der Waals surface area contributed by atoms with Crippen LogP contribution in [0.25, 0.3) is 0 Å². The van der Waals surface area contributed by atoms with E-state index in [-0.39, 0.29) is 6.61 Å². The summed E-state index contributed by atoms with van der Waals surface area (Å²) in [7, 11) is 0. The lowest BCUT2D eigenvalue weighted by Crippen LogP contribution is -2.26. The van der Waals surface area contributed by atoms with Gasteiger partial charge < -0.3 is 14.9 Å². The molecule has 1 aromatic rings. The van der Waals surface area contributed by atoms with Crippen molar-refractivity contribution in [3.05, 3.63) is 29.8 Å². The van der Waals surface area contributed by atoms with Gasteiger partial charge in [0.05, 0.1) is 0 Å². The molecular formula is C10H11ClO4. The molecule has 0 spiro atoms. The number of halogens is 1. The normalized spacial score (nSPS) is 12.1. The first kappa shape index (κ1) is 11.8. The monoisotopic (exact) mass is 230 g/mol. The molecule has 82 valence electrons. The number of alkyl halides is 1. The smallest absolute Gasteiger partial charge is 0.336 e. The molecule has 4 nitrogen and oxygen atoms in total. The number of aliphatic hydroxyl groups is 1. The van der Waals surface area contributed by atoms with E-state index in [1.165, 1.54) is 0 Å². The summed E-state index contributed by atoms with van der Waals surface area (Å²) in [6.45, 7) is -0.268. The Morgan fingerprint density at radius 2 is 2.00 bits per heavy atom. The third kappa shape index (κ3) is 3.77. The molecule has 0 saturated heterocycles. The lowest BCUT2D eigenvalue weighted by molar-refractivity contribution is -0.148. The fourth-order valence-corrected chi connectivity index (χ4v) is 1.10. The maximum absolute atomic E-state index is 10.3. The average Bonchev–Trinajstić information content (AvgIpc) is 2.26. The van der Waals surface area contributed by atoms with E-state index in [1.54, 1.807) is 24.3 Å². The van der Waals surface area contributed by atoms with E-state index in [9.17, 15) is 4.79 Å².